The van der Waals surface area contributed by atoms with Gasteiger partial charge in [-0.15, -0.1) is 13.2 Å². The molecule has 4 rings (SSSR count). The molecular weight excluding hydrogens is 471 g/mol. The van der Waals surface area contributed by atoms with Crippen LogP contribution in [0.4, 0.5) is 13.2 Å². The number of amides is 1. The zero-order valence-electron chi connectivity index (χ0n) is 18.2. The number of fused-ring (bicyclic) bond motifs is 1. The second-order valence-electron chi connectivity index (χ2n) is 8.02. The van der Waals surface area contributed by atoms with Gasteiger partial charge >= 0.3 is 6.36 Å². The summed E-state index contributed by atoms with van der Waals surface area (Å²) >= 11 is 0. The number of H-pyrrole nitrogens is 1. The summed E-state index contributed by atoms with van der Waals surface area (Å²) in [5.74, 6) is -0.514. The van der Waals surface area contributed by atoms with Crippen molar-refractivity contribution in [1.82, 2.24) is 14.2 Å². The van der Waals surface area contributed by atoms with Crippen LogP contribution in [-0.2, 0) is 21.2 Å². The second-order valence-corrected chi connectivity index (χ2v) is 9.96. The van der Waals surface area contributed by atoms with Gasteiger partial charge in [0, 0.05) is 49.7 Å². The van der Waals surface area contributed by atoms with Crippen LogP contribution in [0.2, 0.25) is 0 Å². The van der Waals surface area contributed by atoms with E-state index in [1.807, 2.05) is 30.5 Å². The molecule has 34 heavy (non-hydrogen) atoms. The molecule has 1 saturated heterocycles. The van der Waals surface area contributed by atoms with Crippen molar-refractivity contribution in [1.29, 1.82) is 0 Å². The maximum Gasteiger partial charge on any atom is 0.573 e. The van der Waals surface area contributed by atoms with Crippen molar-refractivity contribution in [2.45, 2.75) is 30.5 Å². The summed E-state index contributed by atoms with van der Waals surface area (Å²) in [4.78, 5) is 17.4. The van der Waals surface area contributed by atoms with Crippen LogP contribution in [0, 0.1) is 0 Å². The number of piperazine rings is 1. The lowest BCUT2D eigenvalue weighted by atomic mass is 10.1. The summed E-state index contributed by atoms with van der Waals surface area (Å²) in [6, 6.07) is 12.1. The van der Waals surface area contributed by atoms with Crippen LogP contribution >= 0.6 is 0 Å². The minimum Gasteiger partial charge on any atom is -0.406 e. The minimum absolute atomic E-state index is 0.0226. The number of sulfonamides is 1. The van der Waals surface area contributed by atoms with E-state index >= 15 is 0 Å². The van der Waals surface area contributed by atoms with Gasteiger partial charge in [0.2, 0.25) is 15.9 Å². The van der Waals surface area contributed by atoms with E-state index in [4.69, 9.17) is 0 Å². The Labute approximate surface area is 195 Å². The van der Waals surface area contributed by atoms with Gasteiger partial charge in [-0.1, -0.05) is 18.2 Å². The first-order chi connectivity index (χ1) is 16.1. The molecule has 11 heteroatoms. The molecule has 0 radical (unpaired) electrons. The van der Waals surface area contributed by atoms with Crippen LogP contribution in [0.1, 0.15) is 18.4 Å². The van der Waals surface area contributed by atoms with Gasteiger partial charge in [-0.2, -0.15) is 4.31 Å². The first kappa shape index (κ1) is 24.1. The van der Waals surface area contributed by atoms with Crippen LogP contribution in [0.15, 0.2) is 59.6 Å². The molecule has 1 aliphatic heterocycles. The molecule has 1 N–H and O–H groups in total. The molecule has 3 aromatic rings. The number of aromatic amines is 1. The molecule has 0 atom stereocenters. The van der Waals surface area contributed by atoms with Gasteiger partial charge in [0.05, 0.1) is 4.90 Å². The first-order valence-electron chi connectivity index (χ1n) is 10.8. The molecule has 1 aliphatic rings. The van der Waals surface area contributed by atoms with E-state index in [2.05, 4.69) is 9.72 Å². The van der Waals surface area contributed by atoms with Crippen LogP contribution in [0.3, 0.4) is 0 Å². The molecule has 1 aromatic heterocycles. The number of ether oxygens (including phenoxy) is 1. The van der Waals surface area contributed by atoms with Gasteiger partial charge in [0.25, 0.3) is 0 Å². The zero-order valence-corrected chi connectivity index (χ0v) is 19.0. The standard InChI is InChI=1S/C23H24F3N3O4S/c24-23(25,26)33-18-8-10-19(11-9-18)34(31,32)29-14-12-28(13-15-29)22(30)7-3-4-17-16-27-21-6-2-1-5-20(17)21/h1-2,5-6,8-11,16,27H,3-4,7,12-15H2. The van der Waals surface area contributed by atoms with Gasteiger partial charge in [0.15, 0.2) is 0 Å². The Hall–Kier alpha value is -3.05. The quantitative estimate of drug-likeness (QED) is 0.539. The fourth-order valence-electron chi connectivity index (χ4n) is 4.07. The van der Waals surface area contributed by atoms with Crippen LogP contribution in [0.25, 0.3) is 10.9 Å². The average molecular weight is 496 g/mol. The largest absolute Gasteiger partial charge is 0.573 e. The van der Waals surface area contributed by atoms with Crippen molar-refractivity contribution >= 4 is 26.8 Å². The van der Waals surface area contributed by atoms with Gasteiger partial charge in [-0.3, -0.25) is 4.79 Å². The third-order valence-corrected chi connectivity index (χ3v) is 7.71. The summed E-state index contributed by atoms with van der Waals surface area (Å²) in [5, 5.41) is 1.15. The van der Waals surface area contributed by atoms with E-state index in [1.165, 1.54) is 4.31 Å². The monoisotopic (exact) mass is 495 g/mol. The normalized spacial score (nSPS) is 15.6. The Morgan fingerprint density at radius 1 is 1.00 bits per heavy atom. The Morgan fingerprint density at radius 3 is 2.35 bits per heavy atom. The molecule has 0 bridgehead atoms. The van der Waals surface area contributed by atoms with E-state index in [0.717, 1.165) is 47.2 Å². The van der Waals surface area contributed by atoms with E-state index in [-0.39, 0.29) is 37.0 Å². The zero-order chi connectivity index (χ0) is 24.3. The lowest BCUT2D eigenvalue weighted by Crippen LogP contribution is -2.50. The number of aryl methyl sites for hydroxylation is 1. The second kappa shape index (κ2) is 9.67. The maximum absolute atomic E-state index is 12.8. The summed E-state index contributed by atoms with van der Waals surface area (Å²) in [6.45, 7) is 0.773. The van der Waals surface area contributed by atoms with Gasteiger partial charge in [-0.05, 0) is 48.7 Å². The van der Waals surface area contributed by atoms with Crippen LogP contribution in [-0.4, -0.2) is 61.1 Å². The van der Waals surface area contributed by atoms with Crippen molar-refractivity contribution in [3.8, 4) is 5.75 Å². The number of alkyl halides is 3. The number of carbonyl (C=O) groups excluding carboxylic acids is 1. The van der Waals surface area contributed by atoms with Gasteiger partial charge in [-0.25, -0.2) is 8.42 Å². The third kappa shape index (κ3) is 5.53. The lowest BCUT2D eigenvalue weighted by Gasteiger charge is -2.34. The number of nitrogens with zero attached hydrogens (tertiary/aromatic N) is 2. The highest BCUT2D eigenvalue weighted by Gasteiger charge is 2.32. The number of nitrogens with one attached hydrogen (secondary N) is 1. The van der Waals surface area contributed by atoms with E-state index < -0.39 is 22.1 Å². The molecule has 0 saturated carbocycles. The molecule has 182 valence electrons. The van der Waals surface area contributed by atoms with Crippen molar-refractivity contribution in [3.05, 3.63) is 60.3 Å². The van der Waals surface area contributed by atoms with E-state index in [0.29, 0.717) is 12.8 Å². The van der Waals surface area contributed by atoms with Crippen molar-refractivity contribution in [2.24, 2.45) is 0 Å². The summed E-state index contributed by atoms with van der Waals surface area (Å²) in [6.07, 6.45) is -1.07. The third-order valence-electron chi connectivity index (χ3n) is 5.80. The first-order valence-corrected chi connectivity index (χ1v) is 12.3. The van der Waals surface area contributed by atoms with E-state index in [9.17, 15) is 26.4 Å². The number of benzene rings is 2. The highest BCUT2D eigenvalue weighted by Crippen LogP contribution is 2.26. The fraction of sp³-hybridized carbons (Fsp3) is 0.348. The molecule has 0 unspecified atom stereocenters. The van der Waals surface area contributed by atoms with Crippen molar-refractivity contribution in [2.75, 3.05) is 26.2 Å². The summed E-state index contributed by atoms with van der Waals surface area (Å²) in [7, 11) is -3.88. The molecule has 0 aliphatic carbocycles. The number of hydrogen-bond donors (Lipinski definition) is 1. The maximum atomic E-state index is 12.8. The minimum atomic E-state index is -4.85. The Kier molecular flexibility index (Phi) is 6.85. The molecule has 2 heterocycles. The number of halogens is 3. The Balaban J connectivity index is 1.27. The predicted molar refractivity (Wildman–Crippen MR) is 120 cm³/mol. The molecular formula is C23H24F3N3O4S. The number of para-hydroxylation sites is 1. The number of hydrogen-bond acceptors (Lipinski definition) is 4. The number of rotatable bonds is 7. The molecule has 2 aromatic carbocycles. The SMILES string of the molecule is O=C(CCCc1c[nH]c2ccccc12)N1CCN(S(=O)(=O)c2ccc(OC(F)(F)F)cc2)CC1. The van der Waals surface area contributed by atoms with Crippen LogP contribution in [0.5, 0.6) is 5.75 Å². The number of carbonyl (C=O) groups is 1. The summed E-state index contributed by atoms with van der Waals surface area (Å²) < 4.78 is 67.6. The molecule has 7 nitrogen and oxygen atoms in total. The molecule has 0 spiro atoms. The summed E-state index contributed by atoms with van der Waals surface area (Å²) in [5.41, 5.74) is 2.22. The lowest BCUT2D eigenvalue weighted by molar-refractivity contribution is -0.274. The molecule has 1 amide bonds. The fourth-order valence-corrected chi connectivity index (χ4v) is 5.49. The van der Waals surface area contributed by atoms with Crippen LogP contribution < -0.4 is 4.74 Å². The van der Waals surface area contributed by atoms with Gasteiger partial charge < -0.3 is 14.6 Å². The van der Waals surface area contributed by atoms with Crippen molar-refractivity contribution < 1.29 is 31.1 Å². The predicted octanol–water partition coefficient (Wildman–Crippen LogP) is 3.92. The highest BCUT2D eigenvalue weighted by atomic mass is 32.2. The topological polar surface area (TPSA) is 82.7 Å². The highest BCUT2D eigenvalue weighted by molar-refractivity contribution is 7.89. The number of aromatic nitrogens is 1. The Bertz CT molecular complexity index is 1250. The molecule has 1 fully saturated rings. The Morgan fingerprint density at radius 2 is 1.68 bits per heavy atom. The average Bonchev–Trinajstić information content (AvgIpc) is 3.21. The van der Waals surface area contributed by atoms with Gasteiger partial charge in [0.1, 0.15) is 5.75 Å². The van der Waals surface area contributed by atoms with Crippen molar-refractivity contribution in [3.63, 3.8) is 0 Å². The smallest absolute Gasteiger partial charge is 0.406 e. The van der Waals surface area contributed by atoms with E-state index in [1.54, 1.807) is 4.90 Å².